The number of rotatable bonds is 3. The van der Waals surface area contributed by atoms with Crippen molar-refractivity contribution in [3.63, 3.8) is 0 Å². The highest BCUT2D eigenvalue weighted by molar-refractivity contribution is 7.99. The Labute approximate surface area is 93.2 Å². The molecular formula is C9H16N2O3S. The van der Waals surface area contributed by atoms with Crippen LogP contribution < -0.4 is 5.32 Å². The van der Waals surface area contributed by atoms with Crippen LogP contribution in [0.4, 0.5) is 0 Å². The van der Waals surface area contributed by atoms with E-state index in [0.29, 0.717) is 12.3 Å². The van der Waals surface area contributed by atoms with Crippen molar-refractivity contribution in [2.24, 2.45) is 0 Å². The molecule has 6 heteroatoms. The van der Waals surface area contributed by atoms with Gasteiger partial charge in [-0.1, -0.05) is 0 Å². The van der Waals surface area contributed by atoms with Crippen LogP contribution in [-0.2, 0) is 9.59 Å². The minimum atomic E-state index is -0.849. The van der Waals surface area contributed by atoms with E-state index < -0.39 is 12.0 Å². The lowest BCUT2D eigenvalue weighted by molar-refractivity contribution is -0.144. The lowest BCUT2D eigenvalue weighted by Gasteiger charge is -2.36. The van der Waals surface area contributed by atoms with Crippen LogP contribution in [0.15, 0.2) is 0 Å². The number of nitrogens with zero attached hydrogens (tertiary/aromatic N) is 1. The van der Waals surface area contributed by atoms with Crippen LogP contribution in [0.1, 0.15) is 6.92 Å². The highest BCUT2D eigenvalue weighted by atomic mass is 32.2. The van der Waals surface area contributed by atoms with Crippen molar-refractivity contribution in [3.8, 4) is 0 Å². The van der Waals surface area contributed by atoms with Crippen LogP contribution in [0, 0.1) is 0 Å². The zero-order valence-electron chi connectivity index (χ0n) is 8.90. The topological polar surface area (TPSA) is 69.6 Å². The van der Waals surface area contributed by atoms with E-state index in [4.69, 9.17) is 5.11 Å². The quantitative estimate of drug-likeness (QED) is 0.694. The lowest BCUT2D eigenvalue weighted by Crippen LogP contribution is -2.55. The Bertz CT molecular complexity index is 260. The minimum Gasteiger partial charge on any atom is -0.480 e. The average Bonchev–Trinajstić information content (AvgIpc) is 2.27. The third kappa shape index (κ3) is 2.85. The summed E-state index contributed by atoms with van der Waals surface area (Å²) in [6, 6.07) is -0.923. The Morgan fingerprint density at radius 2 is 2.27 bits per heavy atom. The maximum absolute atomic E-state index is 11.4. The fraction of sp³-hybridized carbons (Fsp3) is 0.778. The van der Waals surface area contributed by atoms with E-state index in [1.165, 1.54) is 0 Å². The molecule has 0 aromatic rings. The smallest absolute Gasteiger partial charge is 0.321 e. The molecule has 2 N–H and O–H groups in total. The molecule has 1 heterocycles. The highest BCUT2D eigenvalue weighted by Crippen LogP contribution is 2.19. The summed E-state index contributed by atoms with van der Waals surface area (Å²) >= 11 is 1.62. The number of carboxylic acid groups (broad SMARTS) is 1. The number of carbonyl (C=O) groups excluding carboxylic acids is 1. The van der Waals surface area contributed by atoms with Crippen LogP contribution in [0.5, 0.6) is 0 Å². The van der Waals surface area contributed by atoms with Gasteiger partial charge in [0.2, 0.25) is 5.91 Å². The Balaban J connectivity index is 2.71. The fourth-order valence-electron chi connectivity index (χ4n) is 1.65. The summed E-state index contributed by atoms with van der Waals surface area (Å²) in [5, 5.41) is 11.6. The zero-order chi connectivity index (χ0) is 11.4. The number of hydrogen-bond acceptors (Lipinski definition) is 4. The van der Waals surface area contributed by atoms with Crippen LogP contribution in [0.25, 0.3) is 0 Å². The van der Waals surface area contributed by atoms with Crippen molar-refractivity contribution in [2.45, 2.75) is 19.0 Å². The Morgan fingerprint density at radius 3 is 2.80 bits per heavy atom. The number of amides is 1. The summed E-state index contributed by atoms with van der Waals surface area (Å²) in [4.78, 5) is 24.2. The summed E-state index contributed by atoms with van der Waals surface area (Å²) in [7, 11) is 1.56. The van der Waals surface area contributed by atoms with E-state index in [9.17, 15) is 9.59 Å². The van der Waals surface area contributed by atoms with Gasteiger partial charge in [-0.15, -0.1) is 0 Å². The second-order valence-electron chi connectivity index (χ2n) is 3.46. The summed E-state index contributed by atoms with van der Waals surface area (Å²) in [6.45, 7) is 2.39. The number of carbonyl (C=O) groups is 2. The molecule has 0 aromatic carbocycles. The Hall–Kier alpha value is -0.750. The number of thioether (sulfide) groups is 1. The molecule has 1 aliphatic rings. The van der Waals surface area contributed by atoms with Crippen molar-refractivity contribution >= 4 is 23.6 Å². The van der Waals surface area contributed by atoms with E-state index in [0.717, 1.165) is 5.75 Å². The van der Waals surface area contributed by atoms with Gasteiger partial charge in [-0.2, -0.15) is 11.8 Å². The van der Waals surface area contributed by atoms with Gasteiger partial charge >= 0.3 is 5.97 Å². The SMILES string of the molecule is CNC(=O)C(C)N1CCSCC1C(=O)O. The number of hydrogen-bond donors (Lipinski definition) is 2. The molecule has 1 rings (SSSR count). The third-order valence-corrected chi connectivity index (χ3v) is 3.60. The van der Waals surface area contributed by atoms with Gasteiger partial charge < -0.3 is 10.4 Å². The maximum Gasteiger partial charge on any atom is 0.321 e. The van der Waals surface area contributed by atoms with Crippen molar-refractivity contribution in [3.05, 3.63) is 0 Å². The van der Waals surface area contributed by atoms with Gasteiger partial charge in [0.05, 0.1) is 6.04 Å². The molecule has 2 atom stereocenters. The largest absolute Gasteiger partial charge is 0.480 e. The molecule has 15 heavy (non-hydrogen) atoms. The van der Waals surface area contributed by atoms with Crippen molar-refractivity contribution in [1.29, 1.82) is 0 Å². The van der Waals surface area contributed by atoms with Crippen molar-refractivity contribution in [1.82, 2.24) is 10.2 Å². The lowest BCUT2D eigenvalue weighted by atomic mass is 10.2. The van der Waals surface area contributed by atoms with E-state index in [1.54, 1.807) is 30.6 Å². The first-order valence-electron chi connectivity index (χ1n) is 4.85. The van der Waals surface area contributed by atoms with Gasteiger partial charge in [0.1, 0.15) is 6.04 Å². The van der Waals surface area contributed by atoms with Crippen molar-refractivity contribution < 1.29 is 14.7 Å². The molecule has 1 aliphatic heterocycles. The fourth-order valence-corrected chi connectivity index (χ4v) is 2.72. The molecule has 0 aromatic heterocycles. The third-order valence-electron chi connectivity index (χ3n) is 2.58. The molecule has 1 fully saturated rings. The standard InChI is InChI=1S/C9H16N2O3S/c1-6(8(12)10-2)11-3-4-15-5-7(11)9(13)14/h6-7H,3-5H2,1-2H3,(H,10,12)(H,13,14). The first-order valence-corrected chi connectivity index (χ1v) is 6.01. The predicted molar refractivity (Wildman–Crippen MR) is 59.0 cm³/mol. The summed E-state index contributed by atoms with van der Waals surface area (Å²) < 4.78 is 0. The van der Waals surface area contributed by atoms with Crippen LogP contribution in [-0.4, -0.2) is 59.1 Å². The van der Waals surface area contributed by atoms with Gasteiger partial charge in [0.15, 0.2) is 0 Å². The molecule has 0 saturated carbocycles. The molecule has 2 unspecified atom stereocenters. The highest BCUT2D eigenvalue weighted by Gasteiger charge is 2.34. The molecule has 1 amide bonds. The summed E-state index contributed by atoms with van der Waals surface area (Å²) in [5.41, 5.74) is 0. The molecular weight excluding hydrogens is 216 g/mol. The summed E-state index contributed by atoms with van der Waals surface area (Å²) in [6.07, 6.45) is 0. The molecule has 0 bridgehead atoms. The normalized spacial score (nSPS) is 24.5. The minimum absolute atomic E-state index is 0.131. The van der Waals surface area contributed by atoms with Gasteiger partial charge in [0.25, 0.3) is 0 Å². The predicted octanol–water partition coefficient (Wildman–Crippen LogP) is -0.377. The van der Waals surface area contributed by atoms with E-state index in [2.05, 4.69) is 5.32 Å². The molecule has 86 valence electrons. The van der Waals surface area contributed by atoms with Crippen molar-refractivity contribution in [2.75, 3.05) is 25.1 Å². The number of likely N-dealkylation sites (N-methyl/N-ethyl adjacent to an activating group) is 1. The van der Waals surface area contributed by atoms with Gasteiger partial charge in [-0.25, -0.2) is 0 Å². The first kappa shape index (κ1) is 12.3. The van der Waals surface area contributed by atoms with E-state index in [-0.39, 0.29) is 11.9 Å². The second-order valence-corrected chi connectivity index (χ2v) is 4.61. The molecule has 0 radical (unpaired) electrons. The van der Waals surface area contributed by atoms with Gasteiger partial charge in [0, 0.05) is 25.1 Å². The second kappa shape index (κ2) is 5.37. The monoisotopic (exact) mass is 232 g/mol. The Morgan fingerprint density at radius 1 is 1.60 bits per heavy atom. The van der Waals surface area contributed by atoms with Gasteiger partial charge in [-0.05, 0) is 6.92 Å². The molecule has 5 nitrogen and oxygen atoms in total. The van der Waals surface area contributed by atoms with Crippen LogP contribution in [0.2, 0.25) is 0 Å². The maximum atomic E-state index is 11.4. The van der Waals surface area contributed by atoms with Crippen LogP contribution >= 0.6 is 11.8 Å². The molecule has 0 aliphatic carbocycles. The number of aliphatic carboxylic acids is 1. The number of carboxylic acids is 1. The number of nitrogens with one attached hydrogen (secondary N) is 1. The summed E-state index contributed by atoms with van der Waals surface area (Å²) in [5.74, 6) is 0.452. The van der Waals surface area contributed by atoms with Crippen LogP contribution in [0.3, 0.4) is 0 Å². The van der Waals surface area contributed by atoms with Gasteiger partial charge in [-0.3, -0.25) is 14.5 Å². The van der Waals surface area contributed by atoms with E-state index >= 15 is 0 Å². The molecule has 0 spiro atoms. The average molecular weight is 232 g/mol. The zero-order valence-corrected chi connectivity index (χ0v) is 9.71. The molecule has 1 saturated heterocycles. The Kier molecular flexibility index (Phi) is 4.41. The van der Waals surface area contributed by atoms with E-state index in [1.807, 2.05) is 0 Å². The first-order chi connectivity index (χ1) is 7.07.